The van der Waals surface area contributed by atoms with Crippen LogP contribution in [0.25, 0.3) is 16.6 Å². The van der Waals surface area contributed by atoms with Crippen LogP contribution >= 0.6 is 0 Å². The molecule has 0 saturated carbocycles. The molecule has 0 unspecified atom stereocenters. The molecule has 0 fully saturated rings. The zero-order chi connectivity index (χ0) is 20.4. The lowest BCUT2D eigenvalue weighted by Crippen LogP contribution is -2.04. The van der Waals surface area contributed by atoms with E-state index in [2.05, 4.69) is 15.4 Å². The van der Waals surface area contributed by atoms with Crippen molar-refractivity contribution < 1.29 is 17.9 Å². The Morgan fingerprint density at radius 2 is 1.86 bits per heavy atom. The van der Waals surface area contributed by atoms with Crippen LogP contribution in [0, 0.1) is 0 Å². The highest BCUT2D eigenvalue weighted by molar-refractivity contribution is 5.92. The Labute approximate surface area is 164 Å². The van der Waals surface area contributed by atoms with Gasteiger partial charge in [0.05, 0.1) is 30.1 Å². The van der Waals surface area contributed by atoms with Gasteiger partial charge in [0.2, 0.25) is 0 Å². The molecule has 0 radical (unpaired) electrons. The first-order valence-corrected chi connectivity index (χ1v) is 8.83. The molecule has 0 bridgehead atoms. The molecule has 0 atom stereocenters. The van der Waals surface area contributed by atoms with Crippen LogP contribution in [-0.4, -0.2) is 21.9 Å². The molecule has 0 spiro atoms. The zero-order valence-corrected chi connectivity index (χ0v) is 15.4. The fourth-order valence-electron chi connectivity index (χ4n) is 3.03. The molecule has 4 aromatic rings. The van der Waals surface area contributed by atoms with Crippen LogP contribution in [-0.2, 0) is 12.7 Å². The summed E-state index contributed by atoms with van der Waals surface area (Å²) in [5.74, 6) is 1.10. The van der Waals surface area contributed by atoms with Gasteiger partial charge in [-0.1, -0.05) is 12.1 Å². The van der Waals surface area contributed by atoms with Crippen molar-refractivity contribution in [2.24, 2.45) is 0 Å². The zero-order valence-electron chi connectivity index (χ0n) is 15.4. The largest absolute Gasteiger partial charge is 0.497 e. The standard InChI is InChI=1S/C21H17F3N4O/c1-29-17-7-4-14(5-8-17)12-26-20-18-11-15(21(22,23)24)6-9-19(18)28(27-20)16-3-2-10-25-13-16/h2-11,13H,12H2,1H3,(H,26,27). The Kier molecular flexibility index (Phi) is 4.84. The molecule has 29 heavy (non-hydrogen) atoms. The molecule has 0 aliphatic carbocycles. The van der Waals surface area contributed by atoms with E-state index in [1.807, 2.05) is 24.3 Å². The van der Waals surface area contributed by atoms with Crippen molar-refractivity contribution in [1.29, 1.82) is 0 Å². The lowest BCUT2D eigenvalue weighted by molar-refractivity contribution is -0.137. The van der Waals surface area contributed by atoms with Crippen molar-refractivity contribution in [1.82, 2.24) is 14.8 Å². The number of fused-ring (bicyclic) bond motifs is 1. The monoisotopic (exact) mass is 398 g/mol. The topological polar surface area (TPSA) is 52.0 Å². The minimum atomic E-state index is -4.43. The van der Waals surface area contributed by atoms with Gasteiger partial charge in [-0.15, -0.1) is 5.10 Å². The number of nitrogens with zero attached hydrogens (tertiary/aromatic N) is 3. The number of nitrogens with one attached hydrogen (secondary N) is 1. The molecule has 2 aromatic heterocycles. The van der Waals surface area contributed by atoms with Crippen LogP contribution in [0.2, 0.25) is 0 Å². The molecule has 2 heterocycles. The third kappa shape index (κ3) is 3.87. The number of rotatable bonds is 5. The normalized spacial score (nSPS) is 11.6. The summed E-state index contributed by atoms with van der Waals surface area (Å²) in [6, 6.07) is 14.6. The summed E-state index contributed by atoms with van der Waals surface area (Å²) in [5, 5.41) is 8.04. The molecule has 2 aromatic carbocycles. The van der Waals surface area contributed by atoms with Crippen LogP contribution in [0.3, 0.4) is 0 Å². The van der Waals surface area contributed by atoms with E-state index in [1.54, 1.807) is 36.3 Å². The van der Waals surface area contributed by atoms with Gasteiger partial charge in [-0.2, -0.15) is 13.2 Å². The number of hydrogen-bond donors (Lipinski definition) is 1. The maximum atomic E-state index is 13.2. The lowest BCUT2D eigenvalue weighted by Gasteiger charge is -2.08. The number of alkyl halides is 3. The van der Waals surface area contributed by atoms with E-state index in [0.29, 0.717) is 29.0 Å². The molecule has 0 aliphatic heterocycles. The Hall–Kier alpha value is -3.55. The number of anilines is 1. The molecule has 0 aliphatic rings. The minimum absolute atomic E-state index is 0.366. The van der Waals surface area contributed by atoms with Gasteiger partial charge in [-0.05, 0) is 48.0 Å². The Balaban J connectivity index is 1.74. The van der Waals surface area contributed by atoms with E-state index in [-0.39, 0.29) is 0 Å². The third-order valence-electron chi connectivity index (χ3n) is 4.52. The van der Waals surface area contributed by atoms with Gasteiger partial charge in [0.15, 0.2) is 5.82 Å². The highest BCUT2D eigenvalue weighted by atomic mass is 19.4. The van der Waals surface area contributed by atoms with E-state index in [4.69, 9.17) is 4.74 Å². The number of halogens is 3. The highest BCUT2D eigenvalue weighted by Gasteiger charge is 2.31. The predicted molar refractivity (Wildman–Crippen MR) is 104 cm³/mol. The Morgan fingerprint density at radius 1 is 1.07 bits per heavy atom. The number of benzene rings is 2. The lowest BCUT2D eigenvalue weighted by atomic mass is 10.1. The minimum Gasteiger partial charge on any atom is -0.497 e. The summed E-state index contributed by atoms with van der Waals surface area (Å²) in [6.45, 7) is 0.402. The van der Waals surface area contributed by atoms with Gasteiger partial charge in [-0.25, -0.2) is 4.68 Å². The SMILES string of the molecule is COc1ccc(CNc2nn(-c3cccnc3)c3ccc(C(F)(F)F)cc23)cc1. The van der Waals surface area contributed by atoms with Crippen molar-refractivity contribution in [3.8, 4) is 11.4 Å². The van der Waals surface area contributed by atoms with E-state index < -0.39 is 11.7 Å². The smallest absolute Gasteiger partial charge is 0.416 e. The van der Waals surface area contributed by atoms with Gasteiger partial charge in [0.25, 0.3) is 0 Å². The molecular weight excluding hydrogens is 381 g/mol. The van der Waals surface area contributed by atoms with Crippen LogP contribution in [0.4, 0.5) is 19.0 Å². The number of ether oxygens (including phenoxy) is 1. The van der Waals surface area contributed by atoms with Gasteiger partial charge in [0, 0.05) is 18.1 Å². The van der Waals surface area contributed by atoms with Gasteiger partial charge in [-0.3, -0.25) is 4.98 Å². The van der Waals surface area contributed by atoms with Crippen molar-refractivity contribution in [2.75, 3.05) is 12.4 Å². The van der Waals surface area contributed by atoms with Crippen molar-refractivity contribution >= 4 is 16.7 Å². The molecule has 0 saturated heterocycles. The summed E-state index contributed by atoms with van der Waals surface area (Å²) in [4.78, 5) is 4.07. The first-order chi connectivity index (χ1) is 14.0. The van der Waals surface area contributed by atoms with Gasteiger partial charge >= 0.3 is 6.18 Å². The molecule has 5 nitrogen and oxygen atoms in total. The van der Waals surface area contributed by atoms with E-state index >= 15 is 0 Å². The second-order valence-corrected chi connectivity index (χ2v) is 6.40. The van der Waals surface area contributed by atoms with Gasteiger partial charge in [0.1, 0.15) is 5.75 Å². The number of methoxy groups -OCH3 is 1. The molecule has 0 amide bonds. The van der Waals surface area contributed by atoms with E-state index in [0.717, 1.165) is 23.4 Å². The third-order valence-corrected chi connectivity index (χ3v) is 4.52. The molecular formula is C21H17F3N4O. The second kappa shape index (κ2) is 7.46. The maximum Gasteiger partial charge on any atom is 0.416 e. The second-order valence-electron chi connectivity index (χ2n) is 6.40. The summed E-state index contributed by atoms with van der Waals surface area (Å²) in [5.41, 5.74) is 1.45. The summed E-state index contributed by atoms with van der Waals surface area (Å²) >= 11 is 0. The van der Waals surface area contributed by atoms with E-state index in [1.165, 1.54) is 6.07 Å². The molecule has 148 valence electrons. The Bertz CT molecular complexity index is 1120. The first-order valence-electron chi connectivity index (χ1n) is 8.83. The molecule has 1 N–H and O–H groups in total. The summed E-state index contributed by atoms with van der Waals surface area (Å²) in [7, 11) is 1.59. The summed E-state index contributed by atoms with van der Waals surface area (Å²) < 4.78 is 46.4. The molecule has 4 rings (SSSR count). The maximum absolute atomic E-state index is 13.2. The highest BCUT2D eigenvalue weighted by Crippen LogP contribution is 2.34. The van der Waals surface area contributed by atoms with E-state index in [9.17, 15) is 13.2 Å². The first kappa shape index (κ1) is 18.8. The predicted octanol–water partition coefficient (Wildman–Crippen LogP) is 5.06. The van der Waals surface area contributed by atoms with Crippen molar-refractivity contribution in [3.63, 3.8) is 0 Å². The number of hydrogen-bond acceptors (Lipinski definition) is 4. The fraction of sp³-hybridized carbons (Fsp3) is 0.143. The van der Waals surface area contributed by atoms with Crippen molar-refractivity contribution in [3.05, 3.63) is 78.1 Å². The molecule has 8 heteroatoms. The van der Waals surface area contributed by atoms with Crippen LogP contribution < -0.4 is 10.1 Å². The quantitative estimate of drug-likeness (QED) is 0.511. The number of pyridine rings is 1. The van der Waals surface area contributed by atoms with Crippen molar-refractivity contribution in [2.45, 2.75) is 12.7 Å². The fourth-order valence-corrected chi connectivity index (χ4v) is 3.03. The Morgan fingerprint density at radius 3 is 2.52 bits per heavy atom. The van der Waals surface area contributed by atoms with Crippen LogP contribution in [0.5, 0.6) is 5.75 Å². The number of aromatic nitrogens is 3. The van der Waals surface area contributed by atoms with Crippen LogP contribution in [0.15, 0.2) is 67.0 Å². The average molecular weight is 398 g/mol. The van der Waals surface area contributed by atoms with Gasteiger partial charge < -0.3 is 10.1 Å². The average Bonchev–Trinajstić information content (AvgIpc) is 3.10. The van der Waals surface area contributed by atoms with Crippen LogP contribution in [0.1, 0.15) is 11.1 Å². The summed E-state index contributed by atoms with van der Waals surface area (Å²) in [6.07, 6.45) is -1.20.